The lowest BCUT2D eigenvalue weighted by Crippen LogP contribution is -2.58. The van der Waals surface area contributed by atoms with Gasteiger partial charge in [-0.25, -0.2) is 0 Å². The van der Waals surface area contributed by atoms with Gasteiger partial charge in [-0.15, -0.1) is 0 Å². The van der Waals surface area contributed by atoms with E-state index in [-0.39, 0.29) is 17.7 Å². The van der Waals surface area contributed by atoms with Crippen LogP contribution >= 0.6 is 0 Å². The first kappa shape index (κ1) is 13.9. The summed E-state index contributed by atoms with van der Waals surface area (Å²) in [7, 11) is 4.11. The van der Waals surface area contributed by atoms with Gasteiger partial charge in [0.05, 0.1) is 12.2 Å². The average molecular weight is 230 g/mol. The van der Waals surface area contributed by atoms with Gasteiger partial charge in [0, 0.05) is 25.2 Å². The Kier molecular flexibility index (Phi) is 4.73. The zero-order chi connectivity index (χ0) is 12.2. The van der Waals surface area contributed by atoms with E-state index in [0.29, 0.717) is 0 Å². The summed E-state index contributed by atoms with van der Waals surface area (Å²) in [6.45, 7) is 6.98. The molecule has 0 amide bonds. The molecule has 0 aliphatic carbocycles. The third-order valence-electron chi connectivity index (χ3n) is 3.20. The van der Waals surface area contributed by atoms with E-state index < -0.39 is 0 Å². The highest BCUT2D eigenvalue weighted by molar-refractivity contribution is 4.96. The third kappa shape index (κ3) is 4.01. The molecular weight excluding hydrogens is 204 g/mol. The van der Waals surface area contributed by atoms with Crippen LogP contribution in [0.15, 0.2) is 0 Å². The van der Waals surface area contributed by atoms with Crippen molar-refractivity contribution in [1.82, 2.24) is 10.2 Å². The molecule has 1 heterocycles. The van der Waals surface area contributed by atoms with Crippen molar-refractivity contribution in [3.05, 3.63) is 0 Å². The summed E-state index contributed by atoms with van der Waals surface area (Å²) in [4.78, 5) is 2.14. The molecule has 0 aromatic carbocycles. The largest absolute Gasteiger partial charge is 0.394 e. The van der Waals surface area contributed by atoms with E-state index in [9.17, 15) is 5.11 Å². The Morgan fingerprint density at radius 1 is 1.38 bits per heavy atom. The lowest BCUT2D eigenvalue weighted by atomic mass is 9.82. The van der Waals surface area contributed by atoms with Crippen LogP contribution in [0, 0.1) is 0 Å². The molecule has 96 valence electrons. The van der Waals surface area contributed by atoms with E-state index in [0.717, 1.165) is 32.5 Å². The molecule has 1 atom stereocenters. The minimum Gasteiger partial charge on any atom is -0.394 e. The smallest absolute Gasteiger partial charge is 0.0645 e. The van der Waals surface area contributed by atoms with Crippen LogP contribution in [0.25, 0.3) is 0 Å². The maximum Gasteiger partial charge on any atom is 0.0645 e. The molecule has 1 rings (SSSR count). The van der Waals surface area contributed by atoms with Gasteiger partial charge in [-0.3, -0.25) is 0 Å². The second kappa shape index (κ2) is 5.45. The molecule has 16 heavy (non-hydrogen) atoms. The molecule has 1 aliphatic rings. The standard InChI is InChI=1S/C12H26N2O2/c1-11(2)9-12(10-15,5-8-16-11)13-6-7-14(3)4/h13,15H,5-10H2,1-4H3. The van der Waals surface area contributed by atoms with E-state index in [2.05, 4.69) is 38.2 Å². The Hall–Kier alpha value is -0.160. The molecule has 4 heteroatoms. The number of nitrogens with zero attached hydrogens (tertiary/aromatic N) is 1. The first-order chi connectivity index (χ1) is 7.39. The number of aliphatic hydroxyl groups is 1. The van der Waals surface area contributed by atoms with Gasteiger partial charge in [-0.2, -0.15) is 0 Å². The van der Waals surface area contributed by atoms with Gasteiger partial charge < -0.3 is 20.1 Å². The first-order valence-electron chi connectivity index (χ1n) is 6.04. The van der Waals surface area contributed by atoms with Crippen LogP contribution in [-0.2, 0) is 4.74 Å². The summed E-state index contributed by atoms with van der Waals surface area (Å²) < 4.78 is 5.69. The van der Waals surface area contributed by atoms with E-state index >= 15 is 0 Å². The van der Waals surface area contributed by atoms with Crippen molar-refractivity contribution in [2.75, 3.05) is 40.4 Å². The molecule has 1 unspecified atom stereocenters. The molecule has 1 saturated heterocycles. The van der Waals surface area contributed by atoms with Crippen molar-refractivity contribution in [2.24, 2.45) is 0 Å². The Morgan fingerprint density at radius 2 is 2.06 bits per heavy atom. The lowest BCUT2D eigenvalue weighted by molar-refractivity contribution is -0.0980. The minimum absolute atomic E-state index is 0.133. The van der Waals surface area contributed by atoms with Gasteiger partial charge in [-0.05, 0) is 40.8 Å². The molecule has 4 nitrogen and oxygen atoms in total. The second-order valence-corrected chi connectivity index (χ2v) is 5.70. The monoisotopic (exact) mass is 230 g/mol. The number of ether oxygens (including phenoxy) is 1. The number of likely N-dealkylation sites (N-methyl/N-ethyl adjacent to an activating group) is 1. The third-order valence-corrected chi connectivity index (χ3v) is 3.20. The predicted molar refractivity (Wildman–Crippen MR) is 65.6 cm³/mol. The molecule has 0 bridgehead atoms. The SMILES string of the molecule is CN(C)CCNC1(CO)CCOC(C)(C)C1. The Bertz CT molecular complexity index is 219. The fraction of sp³-hybridized carbons (Fsp3) is 1.00. The van der Waals surface area contributed by atoms with Crippen molar-refractivity contribution in [3.63, 3.8) is 0 Å². The molecule has 1 fully saturated rings. The summed E-state index contributed by atoms with van der Waals surface area (Å²) in [5, 5.41) is 13.1. The lowest BCUT2D eigenvalue weighted by Gasteiger charge is -2.44. The highest BCUT2D eigenvalue weighted by atomic mass is 16.5. The molecular formula is C12H26N2O2. The van der Waals surface area contributed by atoms with Gasteiger partial charge in [-0.1, -0.05) is 0 Å². The quantitative estimate of drug-likeness (QED) is 0.720. The van der Waals surface area contributed by atoms with Crippen LogP contribution < -0.4 is 5.32 Å². The first-order valence-corrected chi connectivity index (χ1v) is 6.04. The van der Waals surface area contributed by atoms with E-state index in [1.807, 2.05) is 0 Å². The number of aliphatic hydroxyl groups excluding tert-OH is 1. The molecule has 0 aromatic heterocycles. The zero-order valence-corrected chi connectivity index (χ0v) is 11.0. The van der Waals surface area contributed by atoms with Gasteiger partial charge in [0.2, 0.25) is 0 Å². The summed E-state index contributed by atoms with van der Waals surface area (Å²) in [5.74, 6) is 0. The topological polar surface area (TPSA) is 44.7 Å². The van der Waals surface area contributed by atoms with Crippen molar-refractivity contribution in [2.45, 2.75) is 37.8 Å². The minimum atomic E-state index is -0.155. The van der Waals surface area contributed by atoms with Crippen molar-refractivity contribution >= 4 is 0 Å². The number of nitrogens with one attached hydrogen (secondary N) is 1. The van der Waals surface area contributed by atoms with Crippen LogP contribution in [0.5, 0.6) is 0 Å². The van der Waals surface area contributed by atoms with Crippen molar-refractivity contribution in [3.8, 4) is 0 Å². The second-order valence-electron chi connectivity index (χ2n) is 5.70. The maximum absolute atomic E-state index is 9.61. The van der Waals surface area contributed by atoms with Gasteiger partial charge >= 0.3 is 0 Å². The summed E-state index contributed by atoms with van der Waals surface area (Å²) in [6, 6.07) is 0. The van der Waals surface area contributed by atoms with Crippen LogP contribution in [0.1, 0.15) is 26.7 Å². The van der Waals surface area contributed by atoms with Gasteiger partial charge in [0.1, 0.15) is 0 Å². The molecule has 1 aliphatic heterocycles. The number of hydrogen-bond donors (Lipinski definition) is 2. The predicted octanol–water partition coefficient (Wildman–Crippen LogP) is 0.458. The highest BCUT2D eigenvalue weighted by Gasteiger charge is 2.39. The normalized spacial score (nSPS) is 29.6. The summed E-state index contributed by atoms with van der Waals surface area (Å²) >= 11 is 0. The van der Waals surface area contributed by atoms with Crippen molar-refractivity contribution in [1.29, 1.82) is 0 Å². The zero-order valence-electron chi connectivity index (χ0n) is 11.0. The summed E-state index contributed by atoms with van der Waals surface area (Å²) in [6.07, 6.45) is 1.75. The molecule has 0 radical (unpaired) electrons. The van der Waals surface area contributed by atoms with Crippen LogP contribution in [0.4, 0.5) is 0 Å². The Labute approximate surface area is 99.0 Å². The van der Waals surface area contributed by atoms with Crippen molar-refractivity contribution < 1.29 is 9.84 Å². The molecule has 0 saturated carbocycles. The number of hydrogen-bond acceptors (Lipinski definition) is 4. The Morgan fingerprint density at radius 3 is 2.56 bits per heavy atom. The average Bonchev–Trinajstić information content (AvgIpc) is 2.15. The molecule has 0 spiro atoms. The summed E-state index contributed by atoms with van der Waals surface area (Å²) in [5.41, 5.74) is -0.288. The maximum atomic E-state index is 9.61. The Balaban J connectivity index is 2.49. The van der Waals surface area contributed by atoms with E-state index in [1.54, 1.807) is 0 Å². The van der Waals surface area contributed by atoms with Crippen LogP contribution in [0.3, 0.4) is 0 Å². The fourth-order valence-corrected chi connectivity index (χ4v) is 2.36. The van der Waals surface area contributed by atoms with E-state index in [4.69, 9.17) is 4.74 Å². The van der Waals surface area contributed by atoms with Gasteiger partial charge in [0.15, 0.2) is 0 Å². The molecule has 0 aromatic rings. The van der Waals surface area contributed by atoms with Gasteiger partial charge in [0.25, 0.3) is 0 Å². The van der Waals surface area contributed by atoms with Crippen LogP contribution in [-0.4, -0.2) is 61.5 Å². The van der Waals surface area contributed by atoms with Crippen LogP contribution in [0.2, 0.25) is 0 Å². The number of rotatable bonds is 5. The fourth-order valence-electron chi connectivity index (χ4n) is 2.36. The van der Waals surface area contributed by atoms with E-state index in [1.165, 1.54) is 0 Å². The molecule has 2 N–H and O–H groups in total. The highest BCUT2D eigenvalue weighted by Crippen LogP contribution is 2.31.